The van der Waals surface area contributed by atoms with Crippen molar-refractivity contribution in [3.63, 3.8) is 0 Å². The fraction of sp³-hybridized carbons (Fsp3) is 0.375. The van der Waals surface area contributed by atoms with Gasteiger partial charge in [0.2, 0.25) is 5.91 Å². The van der Waals surface area contributed by atoms with Crippen molar-refractivity contribution in [1.82, 2.24) is 0 Å². The number of anilines is 1. The molecule has 0 spiro atoms. The molecule has 0 aliphatic heterocycles. The molecule has 162 valence electrons. The van der Waals surface area contributed by atoms with Gasteiger partial charge in [-0.25, -0.2) is 4.79 Å². The van der Waals surface area contributed by atoms with Crippen LogP contribution in [0.1, 0.15) is 53.6 Å². The van der Waals surface area contributed by atoms with Crippen molar-refractivity contribution < 1.29 is 23.8 Å². The van der Waals surface area contributed by atoms with Gasteiger partial charge in [-0.1, -0.05) is 31.4 Å². The molecule has 0 unspecified atom stereocenters. The summed E-state index contributed by atoms with van der Waals surface area (Å²) in [6.07, 6.45) is 4.90. The van der Waals surface area contributed by atoms with Gasteiger partial charge in [-0.15, -0.1) is 0 Å². The number of nitriles is 1. The Balaban J connectivity index is 1.80. The first-order valence-corrected chi connectivity index (χ1v) is 10.3. The van der Waals surface area contributed by atoms with E-state index >= 15 is 0 Å². The summed E-state index contributed by atoms with van der Waals surface area (Å²) in [5, 5.41) is 11.8. The quantitative estimate of drug-likeness (QED) is 0.662. The third-order valence-electron chi connectivity index (χ3n) is 5.43. The van der Waals surface area contributed by atoms with E-state index in [1.54, 1.807) is 30.3 Å². The Hall–Kier alpha value is -3.53. The number of methoxy groups -OCH3 is 2. The Kier molecular flexibility index (Phi) is 7.50. The van der Waals surface area contributed by atoms with Crippen LogP contribution in [0.2, 0.25) is 0 Å². The van der Waals surface area contributed by atoms with Crippen molar-refractivity contribution >= 4 is 17.6 Å². The lowest BCUT2D eigenvalue weighted by Gasteiger charge is -2.22. The van der Waals surface area contributed by atoms with Crippen LogP contribution in [0.5, 0.6) is 11.5 Å². The van der Waals surface area contributed by atoms with Gasteiger partial charge in [0.15, 0.2) is 11.5 Å². The SMILES string of the molecule is COc1cc(NC(=O)C2CCCCC2)c(C(=O)OCc2ccc(C#N)cc2)cc1OC. The first kappa shape index (κ1) is 22.2. The minimum absolute atomic E-state index is 0.0366. The Labute approximate surface area is 181 Å². The van der Waals surface area contributed by atoms with Gasteiger partial charge < -0.3 is 19.5 Å². The van der Waals surface area contributed by atoms with Gasteiger partial charge in [-0.2, -0.15) is 5.26 Å². The molecule has 0 atom stereocenters. The van der Waals surface area contributed by atoms with Gasteiger partial charge in [0.05, 0.1) is 37.1 Å². The van der Waals surface area contributed by atoms with E-state index in [1.165, 1.54) is 20.3 Å². The molecule has 2 aromatic rings. The van der Waals surface area contributed by atoms with Crippen LogP contribution in [-0.2, 0) is 16.1 Å². The first-order valence-electron chi connectivity index (χ1n) is 10.3. The topological polar surface area (TPSA) is 97.6 Å². The lowest BCUT2D eigenvalue weighted by Crippen LogP contribution is -2.26. The van der Waals surface area contributed by atoms with E-state index in [4.69, 9.17) is 19.5 Å². The van der Waals surface area contributed by atoms with Crippen molar-refractivity contribution in [3.05, 3.63) is 53.1 Å². The molecular weight excluding hydrogens is 396 g/mol. The van der Waals surface area contributed by atoms with Crippen molar-refractivity contribution in [2.45, 2.75) is 38.7 Å². The smallest absolute Gasteiger partial charge is 0.340 e. The molecule has 3 rings (SSSR count). The summed E-state index contributed by atoms with van der Waals surface area (Å²) < 4.78 is 16.1. The molecular formula is C24H26N2O5. The van der Waals surface area contributed by atoms with E-state index in [-0.39, 0.29) is 24.0 Å². The summed E-state index contributed by atoms with van der Waals surface area (Å²) in [5.74, 6) is 0.00950. The molecule has 2 aromatic carbocycles. The number of nitrogens with one attached hydrogen (secondary N) is 1. The summed E-state index contributed by atoms with van der Waals surface area (Å²) in [5.41, 5.74) is 1.80. The van der Waals surface area contributed by atoms with E-state index in [1.807, 2.05) is 6.07 Å². The molecule has 1 saturated carbocycles. The van der Waals surface area contributed by atoms with Gasteiger partial charge in [-0.3, -0.25) is 4.79 Å². The number of nitrogens with zero attached hydrogens (tertiary/aromatic N) is 1. The second-order valence-electron chi connectivity index (χ2n) is 7.46. The van der Waals surface area contributed by atoms with Gasteiger partial charge in [-0.05, 0) is 30.5 Å². The molecule has 0 saturated heterocycles. The maximum atomic E-state index is 12.9. The average Bonchev–Trinajstić information content (AvgIpc) is 2.83. The van der Waals surface area contributed by atoms with E-state index in [0.717, 1.165) is 37.7 Å². The Morgan fingerprint density at radius 2 is 1.68 bits per heavy atom. The number of hydrogen-bond acceptors (Lipinski definition) is 6. The molecule has 0 aromatic heterocycles. The minimum Gasteiger partial charge on any atom is -0.493 e. The maximum absolute atomic E-state index is 12.9. The number of esters is 1. The number of rotatable bonds is 7. The molecule has 0 heterocycles. The first-order chi connectivity index (χ1) is 15.0. The fourth-order valence-corrected chi connectivity index (χ4v) is 3.65. The second kappa shape index (κ2) is 10.5. The standard InChI is InChI=1S/C24H26N2O5/c1-29-21-12-19(24(28)31-15-17-10-8-16(14-25)9-11-17)20(13-22(21)30-2)26-23(27)18-6-4-3-5-7-18/h8-13,18H,3-7,15H2,1-2H3,(H,26,27). The van der Waals surface area contributed by atoms with Crippen LogP contribution in [0, 0.1) is 17.2 Å². The zero-order valence-electron chi connectivity index (χ0n) is 17.8. The summed E-state index contributed by atoms with van der Waals surface area (Å²) in [4.78, 5) is 25.6. The summed E-state index contributed by atoms with van der Waals surface area (Å²) in [7, 11) is 2.97. The van der Waals surface area contributed by atoms with Crippen LogP contribution in [0.3, 0.4) is 0 Å². The zero-order chi connectivity index (χ0) is 22.2. The van der Waals surface area contributed by atoms with Crippen molar-refractivity contribution in [1.29, 1.82) is 5.26 Å². The normalized spacial score (nSPS) is 13.7. The van der Waals surface area contributed by atoms with Gasteiger partial charge >= 0.3 is 5.97 Å². The van der Waals surface area contributed by atoms with Gasteiger partial charge in [0.1, 0.15) is 6.61 Å². The monoisotopic (exact) mass is 422 g/mol. The van der Waals surface area contributed by atoms with Crippen LogP contribution in [0.25, 0.3) is 0 Å². The highest BCUT2D eigenvalue weighted by molar-refractivity contribution is 6.02. The molecule has 1 amide bonds. The number of hydrogen-bond donors (Lipinski definition) is 1. The lowest BCUT2D eigenvalue weighted by atomic mass is 9.88. The van der Waals surface area contributed by atoms with Crippen LogP contribution in [-0.4, -0.2) is 26.1 Å². The van der Waals surface area contributed by atoms with E-state index in [9.17, 15) is 9.59 Å². The highest BCUT2D eigenvalue weighted by atomic mass is 16.5. The molecule has 0 radical (unpaired) electrons. The van der Waals surface area contributed by atoms with Gasteiger partial charge in [0.25, 0.3) is 0 Å². The Morgan fingerprint density at radius 3 is 2.29 bits per heavy atom. The number of carbonyl (C=O) groups excluding carboxylic acids is 2. The zero-order valence-corrected chi connectivity index (χ0v) is 17.8. The van der Waals surface area contributed by atoms with Gasteiger partial charge in [0, 0.05) is 18.1 Å². The number of ether oxygens (including phenoxy) is 3. The van der Waals surface area contributed by atoms with Crippen LogP contribution < -0.4 is 14.8 Å². The largest absolute Gasteiger partial charge is 0.493 e. The third kappa shape index (κ3) is 5.54. The van der Waals surface area contributed by atoms with E-state index < -0.39 is 5.97 Å². The van der Waals surface area contributed by atoms with Crippen molar-refractivity contribution in [2.24, 2.45) is 5.92 Å². The Bertz CT molecular complexity index is 973. The minimum atomic E-state index is -0.593. The number of benzene rings is 2. The predicted octanol–water partition coefficient (Wildman–Crippen LogP) is 4.45. The summed E-state index contributed by atoms with van der Waals surface area (Å²) in [6.45, 7) is 0.0366. The maximum Gasteiger partial charge on any atom is 0.340 e. The highest BCUT2D eigenvalue weighted by Gasteiger charge is 2.25. The summed E-state index contributed by atoms with van der Waals surface area (Å²) in [6, 6.07) is 11.9. The van der Waals surface area contributed by atoms with Crippen molar-refractivity contribution in [2.75, 3.05) is 19.5 Å². The highest BCUT2D eigenvalue weighted by Crippen LogP contribution is 2.35. The van der Waals surface area contributed by atoms with Crippen LogP contribution in [0.15, 0.2) is 36.4 Å². The van der Waals surface area contributed by atoms with Crippen LogP contribution in [0.4, 0.5) is 5.69 Å². The van der Waals surface area contributed by atoms with E-state index in [0.29, 0.717) is 22.7 Å². The fourth-order valence-electron chi connectivity index (χ4n) is 3.65. The summed E-state index contributed by atoms with van der Waals surface area (Å²) >= 11 is 0. The van der Waals surface area contributed by atoms with E-state index in [2.05, 4.69) is 5.32 Å². The molecule has 1 N–H and O–H groups in total. The molecule has 1 aliphatic rings. The molecule has 7 nitrogen and oxygen atoms in total. The Morgan fingerprint density at radius 1 is 1.03 bits per heavy atom. The molecule has 1 fully saturated rings. The average molecular weight is 422 g/mol. The molecule has 0 bridgehead atoms. The third-order valence-corrected chi connectivity index (χ3v) is 5.43. The molecule has 1 aliphatic carbocycles. The number of carbonyl (C=O) groups is 2. The molecule has 7 heteroatoms. The predicted molar refractivity (Wildman–Crippen MR) is 115 cm³/mol. The second-order valence-corrected chi connectivity index (χ2v) is 7.46. The van der Waals surface area contributed by atoms with Crippen LogP contribution >= 0.6 is 0 Å². The lowest BCUT2D eigenvalue weighted by molar-refractivity contribution is -0.120. The molecule has 31 heavy (non-hydrogen) atoms. The van der Waals surface area contributed by atoms with Crippen molar-refractivity contribution in [3.8, 4) is 17.6 Å². The number of amides is 1.